The molecule has 2 nitrogen and oxygen atoms in total. The summed E-state index contributed by atoms with van der Waals surface area (Å²) < 4.78 is 0. The maximum absolute atomic E-state index is 10.7. The lowest BCUT2D eigenvalue weighted by Gasteiger charge is -2.46. The van der Waals surface area contributed by atoms with Crippen molar-refractivity contribution in [2.75, 3.05) is 0 Å². The summed E-state index contributed by atoms with van der Waals surface area (Å²) in [5, 5.41) is 13.8. The Kier molecular flexibility index (Phi) is 2.86. The number of thiazole rings is 1. The van der Waals surface area contributed by atoms with Gasteiger partial charge in [0, 0.05) is 18.0 Å². The van der Waals surface area contributed by atoms with Gasteiger partial charge in [0.2, 0.25) is 0 Å². The van der Waals surface area contributed by atoms with E-state index in [9.17, 15) is 5.11 Å². The summed E-state index contributed by atoms with van der Waals surface area (Å²) in [7, 11) is 0. The molecule has 15 heavy (non-hydrogen) atoms. The van der Waals surface area contributed by atoms with Crippen molar-refractivity contribution in [2.45, 2.75) is 51.6 Å². The van der Waals surface area contributed by atoms with Crippen molar-refractivity contribution < 1.29 is 5.11 Å². The Bertz CT molecular complexity index is 320. The monoisotopic (exact) mass is 225 g/mol. The zero-order valence-corrected chi connectivity index (χ0v) is 10.3. The van der Waals surface area contributed by atoms with E-state index < -0.39 is 5.60 Å². The third-order valence-corrected chi connectivity index (χ3v) is 4.61. The van der Waals surface area contributed by atoms with Gasteiger partial charge in [-0.15, -0.1) is 11.3 Å². The van der Waals surface area contributed by atoms with E-state index in [1.54, 1.807) is 11.3 Å². The number of aromatic nitrogens is 1. The lowest BCUT2D eigenvalue weighted by molar-refractivity contribution is -0.0958. The summed E-state index contributed by atoms with van der Waals surface area (Å²) in [5.74, 6) is 0. The Hall–Kier alpha value is -0.410. The molecule has 1 aliphatic rings. The maximum Gasteiger partial charge on any atom is 0.0953 e. The van der Waals surface area contributed by atoms with E-state index >= 15 is 0 Å². The second-order valence-electron chi connectivity index (χ2n) is 5.23. The maximum atomic E-state index is 10.7. The topological polar surface area (TPSA) is 33.1 Å². The molecule has 1 unspecified atom stereocenters. The second kappa shape index (κ2) is 3.87. The molecule has 1 atom stereocenters. The fraction of sp³-hybridized carbons (Fsp3) is 0.750. The largest absolute Gasteiger partial charge is 0.389 e. The van der Waals surface area contributed by atoms with Crippen LogP contribution in [-0.4, -0.2) is 15.7 Å². The number of rotatable bonds is 2. The van der Waals surface area contributed by atoms with E-state index in [0.29, 0.717) is 0 Å². The smallest absolute Gasteiger partial charge is 0.0953 e. The van der Waals surface area contributed by atoms with E-state index in [2.05, 4.69) is 18.8 Å². The molecule has 1 heterocycles. The van der Waals surface area contributed by atoms with Gasteiger partial charge < -0.3 is 5.11 Å². The molecule has 2 rings (SSSR count). The van der Waals surface area contributed by atoms with Crippen LogP contribution in [0.2, 0.25) is 0 Å². The summed E-state index contributed by atoms with van der Waals surface area (Å²) in [5.41, 5.74) is -0.528. The molecule has 1 aliphatic carbocycles. The predicted molar refractivity (Wildman–Crippen MR) is 63.0 cm³/mol. The van der Waals surface area contributed by atoms with Crippen molar-refractivity contribution >= 4 is 11.3 Å². The van der Waals surface area contributed by atoms with E-state index in [1.807, 2.05) is 11.6 Å². The molecule has 84 valence electrons. The van der Waals surface area contributed by atoms with Gasteiger partial charge in [0.25, 0.3) is 0 Å². The van der Waals surface area contributed by atoms with E-state index in [1.165, 1.54) is 6.42 Å². The Morgan fingerprint density at radius 3 is 2.73 bits per heavy atom. The first-order chi connectivity index (χ1) is 7.04. The van der Waals surface area contributed by atoms with Gasteiger partial charge in [0.1, 0.15) is 0 Å². The lowest BCUT2D eigenvalue weighted by atomic mass is 9.64. The van der Waals surface area contributed by atoms with Crippen molar-refractivity contribution in [1.82, 2.24) is 4.98 Å². The van der Waals surface area contributed by atoms with Crippen LogP contribution in [0.5, 0.6) is 0 Å². The fourth-order valence-electron chi connectivity index (χ4n) is 2.47. The van der Waals surface area contributed by atoms with Gasteiger partial charge in [0.05, 0.1) is 10.6 Å². The van der Waals surface area contributed by atoms with Gasteiger partial charge in [-0.1, -0.05) is 26.7 Å². The molecule has 3 heteroatoms. The molecule has 1 aromatic heterocycles. The van der Waals surface area contributed by atoms with Crippen molar-refractivity contribution in [3.63, 3.8) is 0 Å². The predicted octanol–water partition coefficient (Wildman–Crippen LogP) is 3.02. The zero-order chi connectivity index (χ0) is 10.9. The van der Waals surface area contributed by atoms with Crippen LogP contribution in [0.25, 0.3) is 0 Å². The minimum absolute atomic E-state index is 0.0247. The summed E-state index contributed by atoms with van der Waals surface area (Å²) in [6.45, 7) is 4.36. The zero-order valence-electron chi connectivity index (χ0n) is 9.49. The highest BCUT2D eigenvalue weighted by molar-refractivity contribution is 7.09. The normalized spacial score (nSPS) is 30.3. The first kappa shape index (κ1) is 11.1. The first-order valence-electron chi connectivity index (χ1n) is 5.64. The van der Waals surface area contributed by atoms with Crippen molar-refractivity contribution in [1.29, 1.82) is 0 Å². The molecule has 0 aromatic carbocycles. The Labute approximate surface area is 95.4 Å². The van der Waals surface area contributed by atoms with Gasteiger partial charge in [-0.25, -0.2) is 4.98 Å². The second-order valence-corrected chi connectivity index (χ2v) is 6.20. The van der Waals surface area contributed by atoms with Crippen LogP contribution in [0.3, 0.4) is 0 Å². The molecule has 1 aromatic rings. The molecule has 0 spiro atoms. The average Bonchev–Trinajstić information content (AvgIpc) is 2.63. The van der Waals surface area contributed by atoms with Gasteiger partial charge in [0.15, 0.2) is 0 Å². The molecule has 0 saturated heterocycles. The van der Waals surface area contributed by atoms with Crippen molar-refractivity contribution in [3.05, 3.63) is 16.6 Å². The quantitative estimate of drug-likeness (QED) is 0.839. The number of nitrogens with zero attached hydrogens (tertiary/aromatic N) is 1. The average molecular weight is 225 g/mol. The van der Waals surface area contributed by atoms with Crippen LogP contribution in [0.15, 0.2) is 11.6 Å². The number of aliphatic hydroxyl groups is 1. The van der Waals surface area contributed by atoms with Crippen molar-refractivity contribution in [2.24, 2.45) is 5.41 Å². The molecule has 1 N–H and O–H groups in total. The minimum atomic E-state index is -0.552. The van der Waals surface area contributed by atoms with Gasteiger partial charge >= 0.3 is 0 Å². The number of hydrogen-bond acceptors (Lipinski definition) is 3. The molecule has 0 aliphatic heterocycles. The Morgan fingerprint density at radius 1 is 1.40 bits per heavy atom. The molecular formula is C12H19NOS. The third kappa shape index (κ3) is 2.08. The molecule has 0 radical (unpaired) electrons. The first-order valence-corrected chi connectivity index (χ1v) is 6.52. The summed E-state index contributed by atoms with van der Waals surface area (Å²) >= 11 is 1.64. The summed E-state index contributed by atoms with van der Waals surface area (Å²) in [4.78, 5) is 4.28. The number of hydrogen-bond donors (Lipinski definition) is 1. The van der Waals surface area contributed by atoms with Crippen LogP contribution in [0.1, 0.15) is 44.5 Å². The summed E-state index contributed by atoms with van der Waals surface area (Å²) in [6.07, 6.45) is 6.96. The van der Waals surface area contributed by atoms with E-state index in [0.717, 1.165) is 30.7 Å². The third-order valence-electron chi connectivity index (χ3n) is 3.83. The van der Waals surface area contributed by atoms with E-state index in [-0.39, 0.29) is 5.41 Å². The molecule has 1 fully saturated rings. The Morgan fingerprint density at radius 2 is 2.13 bits per heavy atom. The highest BCUT2D eigenvalue weighted by Gasteiger charge is 2.45. The van der Waals surface area contributed by atoms with Crippen LogP contribution in [0, 0.1) is 5.41 Å². The van der Waals surface area contributed by atoms with E-state index in [4.69, 9.17) is 0 Å². The molecule has 0 amide bonds. The SMILES string of the molecule is CC1(C)CCCCC1(O)Cc1nccs1. The highest BCUT2D eigenvalue weighted by Crippen LogP contribution is 2.45. The standard InChI is InChI=1S/C12H19NOS/c1-11(2)5-3-4-6-12(11,14)9-10-13-7-8-15-10/h7-8,14H,3-6,9H2,1-2H3. The van der Waals surface area contributed by atoms with Gasteiger partial charge in [-0.2, -0.15) is 0 Å². The van der Waals surface area contributed by atoms with Gasteiger partial charge in [-0.3, -0.25) is 0 Å². The van der Waals surface area contributed by atoms with Gasteiger partial charge in [-0.05, 0) is 18.3 Å². The molecule has 0 bridgehead atoms. The minimum Gasteiger partial charge on any atom is -0.389 e. The van der Waals surface area contributed by atoms with Crippen LogP contribution in [-0.2, 0) is 6.42 Å². The van der Waals surface area contributed by atoms with Crippen LogP contribution in [0.4, 0.5) is 0 Å². The highest BCUT2D eigenvalue weighted by atomic mass is 32.1. The summed E-state index contributed by atoms with van der Waals surface area (Å²) in [6, 6.07) is 0. The van der Waals surface area contributed by atoms with Crippen LogP contribution >= 0.6 is 11.3 Å². The molecular weight excluding hydrogens is 206 g/mol. The lowest BCUT2D eigenvalue weighted by Crippen LogP contribution is -2.48. The Balaban J connectivity index is 2.17. The van der Waals surface area contributed by atoms with Crippen molar-refractivity contribution in [3.8, 4) is 0 Å². The van der Waals surface area contributed by atoms with Crippen LogP contribution < -0.4 is 0 Å². The molecule has 1 saturated carbocycles. The fourth-order valence-corrected chi connectivity index (χ4v) is 3.20.